The zero-order valence-corrected chi connectivity index (χ0v) is 10.9. The SMILES string of the molecule is COc1cnccc1CNCCN1CCOCC1. The first-order chi connectivity index (χ1) is 8.90. The van der Waals surface area contributed by atoms with E-state index in [0.717, 1.165) is 57.3 Å². The van der Waals surface area contributed by atoms with Crippen LogP contribution in [0.1, 0.15) is 5.56 Å². The maximum absolute atomic E-state index is 5.32. The molecule has 0 aliphatic carbocycles. The van der Waals surface area contributed by atoms with Gasteiger partial charge in [-0.3, -0.25) is 9.88 Å². The van der Waals surface area contributed by atoms with Crippen molar-refractivity contribution in [3.8, 4) is 5.75 Å². The molecule has 1 aliphatic heterocycles. The van der Waals surface area contributed by atoms with E-state index >= 15 is 0 Å². The number of methoxy groups -OCH3 is 1. The second kappa shape index (κ2) is 7.31. The highest BCUT2D eigenvalue weighted by molar-refractivity contribution is 5.29. The molecule has 5 nitrogen and oxygen atoms in total. The Morgan fingerprint density at radius 2 is 2.28 bits per heavy atom. The molecule has 0 atom stereocenters. The van der Waals surface area contributed by atoms with Gasteiger partial charge in [-0.05, 0) is 6.07 Å². The molecule has 2 heterocycles. The minimum Gasteiger partial charge on any atom is -0.495 e. The summed E-state index contributed by atoms with van der Waals surface area (Å²) in [7, 11) is 1.67. The Balaban J connectivity index is 1.68. The number of rotatable bonds is 6. The van der Waals surface area contributed by atoms with Crippen LogP contribution in [0.3, 0.4) is 0 Å². The van der Waals surface area contributed by atoms with Gasteiger partial charge in [0.2, 0.25) is 0 Å². The second-order valence-electron chi connectivity index (χ2n) is 4.32. The van der Waals surface area contributed by atoms with Crippen LogP contribution in [0.4, 0.5) is 0 Å². The average molecular weight is 251 g/mol. The van der Waals surface area contributed by atoms with E-state index in [4.69, 9.17) is 9.47 Å². The van der Waals surface area contributed by atoms with Crippen molar-refractivity contribution in [2.45, 2.75) is 6.54 Å². The molecule has 1 N–H and O–H groups in total. The van der Waals surface area contributed by atoms with Crippen molar-refractivity contribution >= 4 is 0 Å². The van der Waals surface area contributed by atoms with E-state index in [1.54, 1.807) is 19.5 Å². The molecular weight excluding hydrogens is 230 g/mol. The lowest BCUT2D eigenvalue weighted by Crippen LogP contribution is -2.40. The summed E-state index contributed by atoms with van der Waals surface area (Å²) in [6.07, 6.45) is 3.54. The second-order valence-corrected chi connectivity index (χ2v) is 4.32. The fourth-order valence-electron chi connectivity index (χ4n) is 2.02. The van der Waals surface area contributed by atoms with Crippen LogP contribution in [0.5, 0.6) is 5.75 Å². The van der Waals surface area contributed by atoms with Crippen LogP contribution in [-0.4, -0.2) is 56.4 Å². The first-order valence-electron chi connectivity index (χ1n) is 6.38. The summed E-state index contributed by atoms with van der Waals surface area (Å²) >= 11 is 0. The van der Waals surface area contributed by atoms with Gasteiger partial charge in [-0.1, -0.05) is 0 Å². The van der Waals surface area contributed by atoms with Crippen molar-refractivity contribution in [2.75, 3.05) is 46.5 Å². The molecule has 0 amide bonds. The molecule has 5 heteroatoms. The molecule has 0 radical (unpaired) electrons. The van der Waals surface area contributed by atoms with E-state index in [0.29, 0.717) is 0 Å². The van der Waals surface area contributed by atoms with Gasteiger partial charge in [0.15, 0.2) is 0 Å². The fraction of sp³-hybridized carbons (Fsp3) is 0.615. The molecule has 0 aromatic carbocycles. The van der Waals surface area contributed by atoms with Crippen LogP contribution >= 0.6 is 0 Å². The molecule has 0 saturated carbocycles. The highest BCUT2D eigenvalue weighted by Gasteiger charge is 2.09. The number of nitrogens with one attached hydrogen (secondary N) is 1. The zero-order valence-electron chi connectivity index (χ0n) is 10.9. The standard InChI is InChI=1S/C13H21N3O2/c1-17-13-11-14-3-2-12(13)10-15-4-5-16-6-8-18-9-7-16/h2-3,11,15H,4-10H2,1H3. The van der Waals surface area contributed by atoms with Gasteiger partial charge in [0.1, 0.15) is 5.75 Å². The minimum atomic E-state index is 0.816. The predicted molar refractivity (Wildman–Crippen MR) is 69.8 cm³/mol. The topological polar surface area (TPSA) is 46.6 Å². The van der Waals surface area contributed by atoms with Gasteiger partial charge in [0.05, 0.1) is 26.5 Å². The van der Waals surface area contributed by atoms with Crippen LogP contribution < -0.4 is 10.1 Å². The Kier molecular flexibility index (Phi) is 5.38. The summed E-state index contributed by atoms with van der Waals surface area (Å²) in [5.74, 6) is 0.844. The summed E-state index contributed by atoms with van der Waals surface area (Å²) < 4.78 is 10.6. The Morgan fingerprint density at radius 1 is 1.44 bits per heavy atom. The molecular formula is C13H21N3O2. The van der Waals surface area contributed by atoms with Crippen molar-refractivity contribution in [3.63, 3.8) is 0 Å². The van der Waals surface area contributed by atoms with Gasteiger partial charge in [-0.15, -0.1) is 0 Å². The lowest BCUT2D eigenvalue weighted by atomic mass is 10.2. The summed E-state index contributed by atoms with van der Waals surface area (Å²) in [6.45, 7) is 6.66. The maximum Gasteiger partial charge on any atom is 0.141 e. The van der Waals surface area contributed by atoms with Gasteiger partial charge in [0, 0.05) is 44.5 Å². The largest absolute Gasteiger partial charge is 0.495 e. The highest BCUT2D eigenvalue weighted by atomic mass is 16.5. The molecule has 100 valence electrons. The van der Waals surface area contributed by atoms with E-state index < -0.39 is 0 Å². The Hall–Kier alpha value is -1.17. The third-order valence-electron chi connectivity index (χ3n) is 3.11. The monoisotopic (exact) mass is 251 g/mol. The Morgan fingerprint density at radius 3 is 3.06 bits per heavy atom. The maximum atomic E-state index is 5.32. The van der Waals surface area contributed by atoms with Crippen molar-refractivity contribution in [1.82, 2.24) is 15.2 Å². The first-order valence-corrected chi connectivity index (χ1v) is 6.38. The number of ether oxygens (including phenoxy) is 2. The number of nitrogens with zero attached hydrogens (tertiary/aromatic N) is 2. The van der Waals surface area contributed by atoms with E-state index in [1.165, 1.54) is 0 Å². The number of hydrogen-bond acceptors (Lipinski definition) is 5. The van der Waals surface area contributed by atoms with E-state index in [-0.39, 0.29) is 0 Å². The van der Waals surface area contributed by atoms with Crippen LogP contribution in [0.15, 0.2) is 18.5 Å². The van der Waals surface area contributed by atoms with E-state index in [2.05, 4.69) is 15.2 Å². The molecule has 1 aromatic heterocycles. The quantitative estimate of drug-likeness (QED) is 0.747. The smallest absolute Gasteiger partial charge is 0.141 e. The molecule has 18 heavy (non-hydrogen) atoms. The number of pyridine rings is 1. The lowest BCUT2D eigenvalue weighted by molar-refractivity contribution is 0.0384. The molecule has 0 bridgehead atoms. The van der Waals surface area contributed by atoms with Crippen LogP contribution in [0.2, 0.25) is 0 Å². The van der Waals surface area contributed by atoms with Gasteiger partial charge < -0.3 is 14.8 Å². The van der Waals surface area contributed by atoms with E-state index in [9.17, 15) is 0 Å². The normalized spacial score (nSPS) is 16.7. The summed E-state index contributed by atoms with van der Waals surface area (Å²) in [5, 5.41) is 3.43. The first kappa shape index (κ1) is 13.3. The molecule has 1 aromatic rings. The predicted octanol–water partition coefficient (Wildman–Crippen LogP) is 0.512. The van der Waals surface area contributed by atoms with Crippen LogP contribution in [-0.2, 0) is 11.3 Å². The molecule has 1 fully saturated rings. The lowest BCUT2D eigenvalue weighted by Gasteiger charge is -2.26. The van der Waals surface area contributed by atoms with Crippen LogP contribution in [0, 0.1) is 0 Å². The highest BCUT2D eigenvalue weighted by Crippen LogP contribution is 2.14. The van der Waals surface area contributed by atoms with Crippen molar-refractivity contribution in [2.24, 2.45) is 0 Å². The zero-order chi connectivity index (χ0) is 12.6. The summed E-state index contributed by atoms with van der Waals surface area (Å²) in [6, 6.07) is 1.99. The van der Waals surface area contributed by atoms with Crippen LogP contribution in [0.25, 0.3) is 0 Å². The Labute approximate surface area is 108 Å². The molecule has 1 aliphatic rings. The third-order valence-corrected chi connectivity index (χ3v) is 3.11. The van der Waals surface area contributed by atoms with Gasteiger partial charge in [-0.2, -0.15) is 0 Å². The van der Waals surface area contributed by atoms with Crippen molar-refractivity contribution in [1.29, 1.82) is 0 Å². The number of aromatic nitrogens is 1. The van der Waals surface area contributed by atoms with Gasteiger partial charge in [-0.25, -0.2) is 0 Å². The van der Waals surface area contributed by atoms with Crippen molar-refractivity contribution < 1.29 is 9.47 Å². The number of hydrogen-bond donors (Lipinski definition) is 1. The van der Waals surface area contributed by atoms with E-state index in [1.807, 2.05) is 6.07 Å². The molecule has 2 rings (SSSR count). The summed E-state index contributed by atoms with van der Waals surface area (Å²) in [4.78, 5) is 6.46. The third kappa shape index (κ3) is 3.94. The molecule has 1 saturated heterocycles. The summed E-state index contributed by atoms with van der Waals surface area (Å²) in [5.41, 5.74) is 1.15. The van der Waals surface area contributed by atoms with Gasteiger partial charge in [0.25, 0.3) is 0 Å². The molecule has 0 spiro atoms. The number of morpholine rings is 1. The molecule has 0 unspecified atom stereocenters. The average Bonchev–Trinajstić information content (AvgIpc) is 2.45. The fourth-order valence-corrected chi connectivity index (χ4v) is 2.02. The minimum absolute atomic E-state index is 0.816. The van der Waals surface area contributed by atoms with Gasteiger partial charge >= 0.3 is 0 Å². The Bertz CT molecular complexity index is 354. The van der Waals surface area contributed by atoms with Crippen molar-refractivity contribution in [3.05, 3.63) is 24.0 Å².